The first-order chi connectivity index (χ1) is 15.3. The summed E-state index contributed by atoms with van der Waals surface area (Å²) in [5, 5.41) is 0. The van der Waals surface area contributed by atoms with E-state index in [1.807, 2.05) is 60.7 Å². The monoisotopic (exact) mass is 416 g/mol. The van der Waals surface area contributed by atoms with Crippen molar-refractivity contribution in [1.29, 1.82) is 0 Å². The zero-order valence-electron chi connectivity index (χ0n) is 18.3. The summed E-state index contributed by atoms with van der Waals surface area (Å²) in [5.74, 6) is 1.89. The number of fused-ring (bicyclic) bond motifs is 4. The van der Waals surface area contributed by atoms with Gasteiger partial charge in [-0.25, -0.2) is 0 Å². The van der Waals surface area contributed by atoms with Crippen LogP contribution in [0.3, 0.4) is 0 Å². The molecule has 31 heavy (non-hydrogen) atoms. The van der Waals surface area contributed by atoms with Crippen LogP contribution in [0.2, 0.25) is 0 Å². The predicted molar refractivity (Wildman–Crippen MR) is 126 cm³/mol. The zero-order chi connectivity index (χ0) is 21.3. The van der Waals surface area contributed by atoms with E-state index in [1.165, 1.54) is 25.7 Å². The normalized spacial score (nSPS) is 21.9. The van der Waals surface area contributed by atoms with Crippen LogP contribution >= 0.6 is 0 Å². The number of Topliss-reactive ketones (excluding diaryl/α,β-unsaturated/α-hetero) is 1. The van der Waals surface area contributed by atoms with Crippen LogP contribution in [0.25, 0.3) is 12.2 Å². The Balaban J connectivity index is 1.65. The third kappa shape index (κ3) is 5.88. The second kappa shape index (κ2) is 11.0. The van der Waals surface area contributed by atoms with Crippen molar-refractivity contribution < 1.29 is 14.3 Å². The van der Waals surface area contributed by atoms with Gasteiger partial charge in [-0.3, -0.25) is 4.79 Å². The summed E-state index contributed by atoms with van der Waals surface area (Å²) < 4.78 is 12.2. The molecule has 0 radical (unpaired) electrons. The van der Waals surface area contributed by atoms with E-state index in [0.717, 1.165) is 79.1 Å². The highest BCUT2D eigenvalue weighted by Gasteiger charge is 2.21. The minimum atomic E-state index is 0.147. The van der Waals surface area contributed by atoms with Gasteiger partial charge in [-0.1, -0.05) is 62.1 Å². The standard InChI is InChI=1S/C28H32O3/c29-28-24-14-11-15-25(28)21-23-13-6-8-17-27(23)31-19-10-4-2-1-3-9-18-30-26-16-7-5-12-22(26)20-24/h5-8,12-13,16-17,20-21H,1-4,9-11,14-15,18-19H2/b24-20-,25-21-. The van der Waals surface area contributed by atoms with Gasteiger partial charge in [0.15, 0.2) is 5.78 Å². The fourth-order valence-corrected chi connectivity index (χ4v) is 4.29. The van der Waals surface area contributed by atoms with Crippen LogP contribution in [-0.4, -0.2) is 19.0 Å². The number of allylic oxidation sites excluding steroid dienone is 2. The van der Waals surface area contributed by atoms with Gasteiger partial charge in [0.2, 0.25) is 0 Å². The first-order valence-electron chi connectivity index (χ1n) is 11.7. The Morgan fingerprint density at radius 2 is 1.00 bits per heavy atom. The summed E-state index contributed by atoms with van der Waals surface area (Å²) >= 11 is 0. The van der Waals surface area contributed by atoms with Crippen molar-refractivity contribution in [1.82, 2.24) is 0 Å². The van der Waals surface area contributed by atoms with Crippen molar-refractivity contribution >= 4 is 17.9 Å². The van der Waals surface area contributed by atoms with E-state index in [-0.39, 0.29) is 5.78 Å². The summed E-state index contributed by atoms with van der Waals surface area (Å²) in [6.45, 7) is 1.44. The predicted octanol–water partition coefficient (Wildman–Crippen LogP) is 7.02. The molecule has 0 spiro atoms. The highest BCUT2D eigenvalue weighted by Crippen LogP contribution is 2.32. The van der Waals surface area contributed by atoms with Crippen LogP contribution in [0.4, 0.5) is 0 Å². The molecule has 1 aliphatic heterocycles. The Labute approximate surface area is 185 Å². The summed E-state index contributed by atoms with van der Waals surface area (Å²) in [5.41, 5.74) is 3.72. The van der Waals surface area contributed by atoms with Crippen molar-refractivity contribution in [3.05, 3.63) is 70.8 Å². The molecule has 162 valence electrons. The lowest BCUT2D eigenvalue weighted by atomic mass is 9.86. The van der Waals surface area contributed by atoms with Crippen molar-refractivity contribution in [3.8, 4) is 11.5 Å². The van der Waals surface area contributed by atoms with E-state index in [4.69, 9.17) is 9.47 Å². The third-order valence-electron chi connectivity index (χ3n) is 6.03. The van der Waals surface area contributed by atoms with Crippen LogP contribution in [0.5, 0.6) is 11.5 Å². The molecule has 4 rings (SSSR count). The van der Waals surface area contributed by atoms with Crippen LogP contribution < -0.4 is 9.47 Å². The average Bonchev–Trinajstić information content (AvgIpc) is 2.79. The maximum absolute atomic E-state index is 13.3. The fraction of sp³-hybridized carbons (Fsp3) is 0.393. The number of para-hydroxylation sites is 2. The lowest BCUT2D eigenvalue weighted by molar-refractivity contribution is -0.112. The molecule has 3 heteroatoms. The quantitative estimate of drug-likeness (QED) is 0.463. The van der Waals surface area contributed by atoms with Gasteiger partial charge in [0, 0.05) is 22.3 Å². The molecule has 3 nitrogen and oxygen atoms in total. The van der Waals surface area contributed by atoms with Gasteiger partial charge >= 0.3 is 0 Å². The van der Waals surface area contributed by atoms with Gasteiger partial charge < -0.3 is 9.47 Å². The molecule has 0 aromatic heterocycles. The Bertz CT molecular complexity index is 879. The average molecular weight is 417 g/mol. The second-order valence-electron chi connectivity index (χ2n) is 8.42. The largest absolute Gasteiger partial charge is 0.493 e. The number of rotatable bonds is 0. The first kappa shape index (κ1) is 21.4. The van der Waals surface area contributed by atoms with Crippen molar-refractivity contribution in [2.45, 2.75) is 57.8 Å². The molecule has 2 aromatic carbocycles. The SMILES string of the molecule is O=C1/C2=C\c3ccccc3OCCCCCCCCOc3ccccc3/C=C\1CCC2. The van der Waals surface area contributed by atoms with Crippen molar-refractivity contribution in [2.75, 3.05) is 13.2 Å². The molecule has 0 atom stereocenters. The van der Waals surface area contributed by atoms with Gasteiger partial charge in [-0.05, 0) is 56.4 Å². The maximum Gasteiger partial charge on any atom is 0.185 e. The molecular weight excluding hydrogens is 384 g/mol. The first-order valence-corrected chi connectivity index (χ1v) is 11.7. The Morgan fingerprint density at radius 1 is 0.548 bits per heavy atom. The number of ether oxygens (including phenoxy) is 2. The Hall–Kier alpha value is -2.81. The molecule has 1 heterocycles. The molecule has 0 saturated heterocycles. The maximum atomic E-state index is 13.3. The van der Waals surface area contributed by atoms with Crippen molar-refractivity contribution in [2.24, 2.45) is 0 Å². The van der Waals surface area contributed by atoms with Gasteiger partial charge in [0.25, 0.3) is 0 Å². The number of hydrogen-bond donors (Lipinski definition) is 0. The number of carbonyl (C=O) groups is 1. The molecule has 2 aromatic rings. The lowest BCUT2D eigenvalue weighted by Gasteiger charge is -2.18. The Morgan fingerprint density at radius 3 is 1.52 bits per heavy atom. The van der Waals surface area contributed by atoms with Crippen LogP contribution in [0, 0.1) is 0 Å². The van der Waals surface area contributed by atoms with Crippen LogP contribution in [0.1, 0.15) is 68.9 Å². The van der Waals surface area contributed by atoms with E-state index in [1.54, 1.807) is 0 Å². The second-order valence-corrected chi connectivity index (χ2v) is 8.42. The molecule has 0 N–H and O–H groups in total. The minimum absolute atomic E-state index is 0.147. The molecular formula is C28H32O3. The topological polar surface area (TPSA) is 35.5 Å². The molecule has 1 saturated carbocycles. The molecule has 0 amide bonds. The van der Waals surface area contributed by atoms with E-state index >= 15 is 0 Å². The van der Waals surface area contributed by atoms with Crippen molar-refractivity contribution in [3.63, 3.8) is 0 Å². The van der Waals surface area contributed by atoms with E-state index in [2.05, 4.69) is 0 Å². The van der Waals surface area contributed by atoms with E-state index in [0.29, 0.717) is 0 Å². The van der Waals surface area contributed by atoms with Gasteiger partial charge in [-0.15, -0.1) is 0 Å². The highest BCUT2D eigenvalue weighted by molar-refractivity contribution is 6.14. The van der Waals surface area contributed by atoms with Gasteiger partial charge in [0.05, 0.1) is 13.2 Å². The van der Waals surface area contributed by atoms with E-state index in [9.17, 15) is 4.79 Å². The summed E-state index contributed by atoms with van der Waals surface area (Å²) in [6.07, 6.45) is 13.6. The lowest BCUT2D eigenvalue weighted by Crippen LogP contribution is -2.12. The highest BCUT2D eigenvalue weighted by atomic mass is 16.5. The van der Waals surface area contributed by atoms with Gasteiger partial charge in [-0.2, -0.15) is 0 Å². The Kier molecular flexibility index (Phi) is 7.60. The molecule has 2 aliphatic rings. The number of carbonyl (C=O) groups excluding carboxylic acids is 1. The van der Waals surface area contributed by atoms with E-state index < -0.39 is 0 Å². The van der Waals surface area contributed by atoms with Crippen LogP contribution in [0.15, 0.2) is 59.7 Å². The summed E-state index contributed by atoms with van der Waals surface area (Å²) in [6, 6.07) is 16.1. The zero-order valence-corrected chi connectivity index (χ0v) is 18.3. The summed E-state index contributed by atoms with van der Waals surface area (Å²) in [4.78, 5) is 13.3. The molecule has 1 aliphatic carbocycles. The number of benzene rings is 2. The molecule has 1 fully saturated rings. The number of hydrogen-bond acceptors (Lipinski definition) is 3. The number of ketones is 1. The van der Waals surface area contributed by atoms with Gasteiger partial charge in [0.1, 0.15) is 11.5 Å². The summed E-state index contributed by atoms with van der Waals surface area (Å²) in [7, 11) is 0. The molecule has 0 unspecified atom stereocenters. The fourth-order valence-electron chi connectivity index (χ4n) is 4.29. The third-order valence-corrected chi connectivity index (χ3v) is 6.03. The van der Waals surface area contributed by atoms with Crippen LogP contribution in [-0.2, 0) is 4.79 Å². The smallest absolute Gasteiger partial charge is 0.185 e. The molecule has 2 bridgehead atoms. The minimum Gasteiger partial charge on any atom is -0.493 e.